The highest BCUT2D eigenvalue weighted by Crippen LogP contribution is 2.41. The third-order valence-corrected chi connectivity index (χ3v) is 4.86. The fraction of sp³-hybridized carbons (Fsp3) is 0.632. The largest absolute Gasteiger partial charge is 0.394 e. The van der Waals surface area contributed by atoms with Crippen LogP contribution in [0.25, 0.3) is 0 Å². The minimum absolute atomic E-state index is 0.455. The van der Waals surface area contributed by atoms with Crippen molar-refractivity contribution in [1.82, 2.24) is 4.90 Å². The van der Waals surface area contributed by atoms with Crippen molar-refractivity contribution in [3.8, 4) is 0 Å². The van der Waals surface area contributed by atoms with Crippen LogP contribution >= 0.6 is 0 Å². The molecule has 0 saturated heterocycles. The Balaban J connectivity index is 3.43. The van der Waals surface area contributed by atoms with E-state index in [1.807, 2.05) is 0 Å². The minimum Gasteiger partial charge on any atom is -0.394 e. The van der Waals surface area contributed by atoms with E-state index < -0.39 is 55.1 Å². The Kier molecular flexibility index (Phi) is 8.71. The Bertz CT molecular complexity index is 580. The van der Waals surface area contributed by atoms with Crippen molar-refractivity contribution in [3.05, 3.63) is 35.9 Å². The zero-order chi connectivity index (χ0) is 20.8. The van der Waals surface area contributed by atoms with Gasteiger partial charge < -0.3 is 19.8 Å². The molecule has 5 nitrogen and oxygen atoms in total. The van der Waals surface area contributed by atoms with Crippen molar-refractivity contribution in [1.29, 1.82) is 0 Å². The monoisotopic (exact) mass is 391 g/mol. The van der Waals surface area contributed by atoms with Gasteiger partial charge in [0.05, 0.1) is 30.7 Å². The summed E-state index contributed by atoms with van der Waals surface area (Å²) in [5.41, 5.74) is 0.489. The van der Waals surface area contributed by atoms with Crippen LogP contribution in [-0.2, 0) is 9.53 Å². The lowest BCUT2D eigenvalue weighted by Crippen LogP contribution is -2.44. The van der Waals surface area contributed by atoms with Crippen molar-refractivity contribution >= 4 is 5.91 Å². The summed E-state index contributed by atoms with van der Waals surface area (Å²) in [5.74, 6) is -4.55. The summed E-state index contributed by atoms with van der Waals surface area (Å²) in [7, 11) is 4.12. The van der Waals surface area contributed by atoms with Gasteiger partial charge in [-0.05, 0) is 24.8 Å². The number of alkyl halides is 3. The number of aliphatic hydroxyl groups excluding tert-OH is 2. The van der Waals surface area contributed by atoms with Gasteiger partial charge in [-0.3, -0.25) is 4.79 Å². The molecule has 0 aliphatic heterocycles. The quantitative estimate of drug-likeness (QED) is 0.678. The highest BCUT2D eigenvalue weighted by atomic mass is 19.4. The summed E-state index contributed by atoms with van der Waals surface area (Å²) >= 11 is 0. The molecule has 27 heavy (non-hydrogen) atoms. The number of halogens is 3. The minimum atomic E-state index is -4.54. The first kappa shape index (κ1) is 23.4. The molecule has 2 N–H and O–H groups in total. The van der Waals surface area contributed by atoms with Crippen molar-refractivity contribution in [2.45, 2.75) is 37.6 Å². The van der Waals surface area contributed by atoms with E-state index >= 15 is 0 Å². The van der Waals surface area contributed by atoms with E-state index in [0.717, 1.165) is 0 Å². The number of carbonyl (C=O) groups is 1. The SMILES string of the molecule is CO[C@H](C)C(C[C@H](c1ccccc1)[C@@H](C(=O)N(C)C)[C@@H](O)CO)C(F)(F)F. The normalized spacial score (nSPS) is 17.7. The molecule has 154 valence electrons. The predicted molar refractivity (Wildman–Crippen MR) is 95.1 cm³/mol. The topological polar surface area (TPSA) is 70.0 Å². The Morgan fingerprint density at radius 3 is 2.19 bits per heavy atom. The van der Waals surface area contributed by atoms with Crippen molar-refractivity contribution in [2.75, 3.05) is 27.8 Å². The van der Waals surface area contributed by atoms with E-state index in [2.05, 4.69) is 0 Å². The number of hydrogen-bond donors (Lipinski definition) is 2. The molecule has 0 fully saturated rings. The van der Waals surface area contributed by atoms with Crippen molar-refractivity contribution < 1.29 is 32.9 Å². The van der Waals surface area contributed by atoms with Crippen molar-refractivity contribution in [2.24, 2.45) is 11.8 Å². The lowest BCUT2D eigenvalue weighted by atomic mass is 9.75. The van der Waals surface area contributed by atoms with Gasteiger partial charge in [0, 0.05) is 21.2 Å². The van der Waals surface area contributed by atoms with Gasteiger partial charge >= 0.3 is 6.18 Å². The third kappa shape index (κ3) is 6.19. The van der Waals surface area contributed by atoms with Gasteiger partial charge in [-0.25, -0.2) is 0 Å². The molecule has 0 aliphatic rings. The van der Waals surface area contributed by atoms with E-state index in [-0.39, 0.29) is 0 Å². The molecule has 1 aromatic carbocycles. The molecule has 0 saturated carbocycles. The summed E-state index contributed by atoms with van der Waals surface area (Å²) in [6, 6.07) is 8.27. The molecular formula is C19H28F3NO4. The van der Waals surface area contributed by atoms with Gasteiger partial charge in [0.1, 0.15) is 0 Å². The smallest absolute Gasteiger partial charge is 0.394 e. The van der Waals surface area contributed by atoms with E-state index in [4.69, 9.17) is 4.74 Å². The highest BCUT2D eigenvalue weighted by molar-refractivity contribution is 5.80. The first-order valence-corrected chi connectivity index (χ1v) is 8.69. The van der Waals surface area contributed by atoms with Crippen LogP contribution in [0.3, 0.4) is 0 Å². The van der Waals surface area contributed by atoms with Gasteiger partial charge in [0.2, 0.25) is 5.91 Å². The number of benzene rings is 1. The van der Waals surface area contributed by atoms with Gasteiger partial charge in [0.25, 0.3) is 0 Å². The molecule has 1 aromatic rings. The lowest BCUT2D eigenvalue weighted by Gasteiger charge is -2.35. The molecule has 0 heterocycles. The first-order chi connectivity index (χ1) is 12.5. The number of carbonyl (C=O) groups excluding carboxylic acids is 1. The van der Waals surface area contributed by atoms with Crippen LogP contribution < -0.4 is 0 Å². The average molecular weight is 391 g/mol. The molecular weight excluding hydrogens is 363 g/mol. The Morgan fingerprint density at radius 2 is 1.78 bits per heavy atom. The van der Waals surface area contributed by atoms with Crippen LogP contribution in [0.4, 0.5) is 13.2 Å². The molecule has 0 radical (unpaired) electrons. The summed E-state index contributed by atoms with van der Waals surface area (Å²) < 4.78 is 45.9. The van der Waals surface area contributed by atoms with Gasteiger partial charge in [-0.2, -0.15) is 13.2 Å². The molecule has 0 aromatic heterocycles. The zero-order valence-corrected chi connectivity index (χ0v) is 16.0. The summed E-state index contributed by atoms with van der Waals surface area (Å²) in [5, 5.41) is 19.7. The Hall–Kier alpha value is -1.64. The van der Waals surface area contributed by atoms with Gasteiger partial charge in [-0.15, -0.1) is 0 Å². The molecule has 0 aliphatic carbocycles. The number of methoxy groups -OCH3 is 1. The van der Waals surface area contributed by atoms with Crippen LogP contribution in [0.15, 0.2) is 30.3 Å². The summed E-state index contributed by atoms with van der Waals surface area (Å²) in [6.07, 6.45) is -7.61. The summed E-state index contributed by atoms with van der Waals surface area (Å²) in [6.45, 7) is 0.593. The van der Waals surface area contributed by atoms with Crippen LogP contribution in [0, 0.1) is 11.8 Å². The highest BCUT2D eigenvalue weighted by Gasteiger charge is 2.47. The molecule has 0 bridgehead atoms. The summed E-state index contributed by atoms with van der Waals surface area (Å²) in [4.78, 5) is 13.9. The molecule has 5 atom stereocenters. The number of hydrogen-bond acceptors (Lipinski definition) is 4. The van der Waals surface area contributed by atoms with Gasteiger partial charge in [0.15, 0.2) is 0 Å². The van der Waals surface area contributed by atoms with Gasteiger partial charge in [-0.1, -0.05) is 30.3 Å². The molecule has 0 spiro atoms. The van der Waals surface area contributed by atoms with Crippen LogP contribution in [-0.4, -0.2) is 67.2 Å². The zero-order valence-electron chi connectivity index (χ0n) is 16.0. The lowest BCUT2D eigenvalue weighted by molar-refractivity contribution is -0.206. The fourth-order valence-corrected chi connectivity index (χ4v) is 3.24. The van der Waals surface area contributed by atoms with Crippen LogP contribution in [0.2, 0.25) is 0 Å². The second kappa shape index (κ2) is 10.1. The average Bonchev–Trinajstić information content (AvgIpc) is 2.63. The third-order valence-electron chi connectivity index (χ3n) is 4.86. The second-order valence-corrected chi connectivity index (χ2v) is 6.85. The van der Waals surface area contributed by atoms with Crippen LogP contribution in [0.1, 0.15) is 24.8 Å². The maximum Gasteiger partial charge on any atom is 0.394 e. The van der Waals surface area contributed by atoms with E-state index in [0.29, 0.717) is 5.56 Å². The van der Waals surface area contributed by atoms with Crippen molar-refractivity contribution in [3.63, 3.8) is 0 Å². The Morgan fingerprint density at radius 1 is 1.22 bits per heavy atom. The molecule has 1 unspecified atom stereocenters. The fourth-order valence-electron chi connectivity index (χ4n) is 3.24. The molecule has 8 heteroatoms. The number of ether oxygens (including phenoxy) is 1. The first-order valence-electron chi connectivity index (χ1n) is 8.69. The number of aliphatic hydroxyl groups is 2. The second-order valence-electron chi connectivity index (χ2n) is 6.85. The predicted octanol–water partition coefficient (Wildman–Crippen LogP) is 2.43. The maximum absolute atomic E-state index is 13.7. The molecule has 1 rings (SSSR count). The van der Waals surface area contributed by atoms with E-state index in [9.17, 15) is 28.2 Å². The van der Waals surface area contributed by atoms with Crippen LogP contribution in [0.5, 0.6) is 0 Å². The van der Waals surface area contributed by atoms with E-state index in [1.165, 1.54) is 33.0 Å². The number of nitrogens with zero attached hydrogens (tertiary/aromatic N) is 1. The maximum atomic E-state index is 13.7. The van der Waals surface area contributed by atoms with E-state index in [1.54, 1.807) is 30.3 Å². The number of rotatable bonds is 9. The molecule has 1 amide bonds. The number of amides is 1. The standard InChI is InChI=1S/C19H28F3NO4/c1-12(27-4)15(19(20,21)22)10-14(13-8-6-5-7-9-13)17(16(25)11-24)18(26)23(2)3/h5-9,12,14-17,24-25H,10-11H2,1-4H3/t12-,14-,15?,16+,17-/m1/s1. The Labute approximate surface area is 157 Å².